The third kappa shape index (κ3) is 2.60. The van der Waals surface area contributed by atoms with E-state index < -0.39 is 0 Å². The van der Waals surface area contributed by atoms with Gasteiger partial charge in [0, 0.05) is 18.6 Å². The van der Waals surface area contributed by atoms with E-state index in [-0.39, 0.29) is 5.54 Å². The molecule has 0 spiro atoms. The van der Waals surface area contributed by atoms with Crippen LogP contribution in [0.25, 0.3) is 0 Å². The van der Waals surface area contributed by atoms with E-state index in [4.69, 9.17) is 0 Å². The van der Waals surface area contributed by atoms with Gasteiger partial charge in [0.15, 0.2) is 0 Å². The molecule has 0 bridgehead atoms. The summed E-state index contributed by atoms with van der Waals surface area (Å²) >= 11 is 3.64. The van der Waals surface area contributed by atoms with Gasteiger partial charge >= 0.3 is 0 Å². The minimum atomic E-state index is 0.179. The predicted octanol–water partition coefficient (Wildman–Crippen LogP) is 3.44. The van der Waals surface area contributed by atoms with Crippen molar-refractivity contribution in [3.05, 3.63) is 10.8 Å². The molecule has 1 aromatic rings. The number of rotatable bonds is 4. The van der Waals surface area contributed by atoms with Crippen LogP contribution >= 0.6 is 15.9 Å². The molecule has 4 nitrogen and oxygen atoms in total. The Kier molecular flexibility index (Phi) is 4.10. The van der Waals surface area contributed by atoms with Crippen LogP contribution in [0.3, 0.4) is 0 Å². The quantitative estimate of drug-likeness (QED) is 0.924. The molecule has 100 valence electrons. The fraction of sp³-hybridized carbons (Fsp3) is 0.692. The summed E-state index contributed by atoms with van der Waals surface area (Å²) in [6.07, 6.45) is 5.16. The van der Waals surface area contributed by atoms with Crippen LogP contribution in [0.4, 0.5) is 11.6 Å². The maximum atomic E-state index is 4.45. The third-order valence-corrected chi connectivity index (χ3v) is 4.20. The Morgan fingerprint density at radius 1 is 1.44 bits per heavy atom. The molecule has 1 N–H and O–H groups in total. The smallest absolute Gasteiger partial charge is 0.148 e. The lowest BCUT2D eigenvalue weighted by Crippen LogP contribution is -2.39. The van der Waals surface area contributed by atoms with Crippen molar-refractivity contribution >= 4 is 27.6 Å². The lowest BCUT2D eigenvalue weighted by atomic mass is 10.0. The number of nitrogens with zero attached hydrogens (tertiary/aromatic N) is 3. The zero-order chi connectivity index (χ0) is 13.2. The van der Waals surface area contributed by atoms with E-state index in [1.807, 2.05) is 0 Å². The summed E-state index contributed by atoms with van der Waals surface area (Å²) < 4.78 is 0.980. The van der Waals surface area contributed by atoms with Crippen LogP contribution in [0.5, 0.6) is 0 Å². The molecule has 1 saturated heterocycles. The first kappa shape index (κ1) is 13.6. The van der Waals surface area contributed by atoms with Crippen molar-refractivity contribution in [2.24, 2.45) is 0 Å². The zero-order valence-electron chi connectivity index (χ0n) is 11.3. The van der Waals surface area contributed by atoms with E-state index in [0.29, 0.717) is 0 Å². The van der Waals surface area contributed by atoms with Gasteiger partial charge in [-0.05, 0) is 49.0 Å². The molecule has 1 aromatic heterocycles. The van der Waals surface area contributed by atoms with Gasteiger partial charge in [0.2, 0.25) is 0 Å². The highest BCUT2D eigenvalue weighted by Crippen LogP contribution is 2.38. The van der Waals surface area contributed by atoms with Gasteiger partial charge in [0.1, 0.15) is 22.4 Å². The Balaban J connectivity index is 2.28. The second-order valence-corrected chi connectivity index (χ2v) is 6.15. The fourth-order valence-corrected chi connectivity index (χ4v) is 2.97. The highest BCUT2D eigenvalue weighted by Gasteiger charge is 2.34. The molecule has 0 saturated carbocycles. The van der Waals surface area contributed by atoms with Crippen molar-refractivity contribution in [3.8, 4) is 0 Å². The van der Waals surface area contributed by atoms with Crippen LogP contribution in [0.2, 0.25) is 0 Å². The summed E-state index contributed by atoms with van der Waals surface area (Å²) in [4.78, 5) is 11.1. The molecule has 0 amide bonds. The molecule has 0 atom stereocenters. The van der Waals surface area contributed by atoms with Crippen LogP contribution in [-0.2, 0) is 0 Å². The molecule has 18 heavy (non-hydrogen) atoms. The van der Waals surface area contributed by atoms with Gasteiger partial charge in [-0.2, -0.15) is 0 Å². The summed E-state index contributed by atoms with van der Waals surface area (Å²) in [6.45, 7) is 8.68. The van der Waals surface area contributed by atoms with Crippen LogP contribution < -0.4 is 10.2 Å². The summed E-state index contributed by atoms with van der Waals surface area (Å²) in [5.41, 5.74) is 0.179. The number of anilines is 2. The Morgan fingerprint density at radius 3 is 2.83 bits per heavy atom. The molecular formula is C13H21BrN4. The van der Waals surface area contributed by atoms with Gasteiger partial charge in [-0.25, -0.2) is 9.97 Å². The molecule has 2 heterocycles. The SMILES string of the molecule is CCCNc1ncnc(N2CCCC2(C)C)c1Br. The maximum absolute atomic E-state index is 4.45. The van der Waals surface area contributed by atoms with E-state index in [0.717, 1.165) is 35.6 Å². The van der Waals surface area contributed by atoms with Crippen molar-refractivity contribution in [2.75, 3.05) is 23.3 Å². The molecule has 0 radical (unpaired) electrons. The molecular weight excluding hydrogens is 292 g/mol. The molecule has 2 rings (SSSR count). The van der Waals surface area contributed by atoms with E-state index >= 15 is 0 Å². The van der Waals surface area contributed by atoms with Gasteiger partial charge in [-0.1, -0.05) is 6.92 Å². The predicted molar refractivity (Wildman–Crippen MR) is 79.2 cm³/mol. The number of hydrogen-bond acceptors (Lipinski definition) is 4. The Morgan fingerprint density at radius 2 is 2.22 bits per heavy atom. The average molecular weight is 313 g/mol. The van der Waals surface area contributed by atoms with Gasteiger partial charge < -0.3 is 10.2 Å². The monoisotopic (exact) mass is 312 g/mol. The molecule has 1 aliphatic heterocycles. The first-order valence-corrected chi connectivity index (χ1v) is 7.37. The first-order valence-electron chi connectivity index (χ1n) is 6.58. The van der Waals surface area contributed by atoms with E-state index in [1.54, 1.807) is 6.33 Å². The van der Waals surface area contributed by atoms with Crippen molar-refractivity contribution in [2.45, 2.75) is 45.6 Å². The fourth-order valence-electron chi connectivity index (χ4n) is 2.42. The van der Waals surface area contributed by atoms with E-state index in [2.05, 4.69) is 56.9 Å². The molecule has 0 aromatic carbocycles. The topological polar surface area (TPSA) is 41.1 Å². The Bertz CT molecular complexity index is 419. The van der Waals surface area contributed by atoms with Crippen LogP contribution in [0.1, 0.15) is 40.0 Å². The standard InChI is InChI=1S/C13H21BrN4/c1-4-7-15-11-10(14)12(17-9-16-11)18-8-5-6-13(18,2)3/h9H,4-8H2,1-3H3,(H,15,16,17). The normalized spacial score (nSPS) is 18.1. The maximum Gasteiger partial charge on any atom is 0.148 e. The van der Waals surface area contributed by atoms with Crippen LogP contribution in [-0.4, -0.2) is 28.6 Å². The highest BCUT2D eigenvalue weighted by molar-refractivity contribution is 9.10. The second kappa shape index (κ2) is 5.43. The van der Waals surface area contributed by atoms with Crippen molar-refractivity contribution in [1.82, 2.24) is 9.97 Å². The van der Waals surface area contributed by atoms with E-state index in [1.165, 1.54) is 12.8 Å². The second-order valence-electron chi connectivity index (χ2n) is 5.35. The number of aromatic nitrogens is 2. The summed E-state index contributed by atoms with van der Waals surface area (Å²) in [5.74, 6) is 1.90. The largest absolute Gasteiger partial charge is 0.369 e. The van der Waals surface area contributed by atoms with Gasteiger partial charge in [0.05, 0.1) is 0 Å². The lowest BCUT2D eigenvalue weighted by Gasteiger charge is -2.33. The molecule has 5 heteroatoms. The lowest BCUT2D eigenvalue weighted by molar-refractivity contribution is 0.513. The van der Waals surface area contributed by atoms with Crippen molar-refractivity contribution in [1.29, 1.82) is 0 Å². The minimum absolute atomic E-state index is 0.179. The zero-order valence-corrected chi connectivity index (χ0v) is 12.9. The summed E-state index contributed by atoms with van der Waals surface area (Å²) in [5, 5.41) is 3.33. The van der Waals surface area contributed by atoms with Crippen LogP contribution in [0, 0.1) is 0 Å². The van der Waals surface area contributed by atoms with Gasteiger partial charge in [-0.15, -0.1) is 0 Å². The van der Waals surface area contributed by atoms with Gasteiger partial charge in [0.25, 0.3) is 0 Å². The summed E-state index contributed by atoms with van der Waals surface area (Å²) in [7, 11) is 0. The molecule has 1 aliphatic rings. The van der Waals surface area contributed by atoms with Crippen molar-refractivity contribution in [3.63, 3.8) is 0 Å². The van der Waals surface area contributed by atoms with E-state index in [9.17, 15) is 0 Å². The number of nitrogens with one attached hydrogen (secondary N) is 1. The molecule has 0 unspecified atom stereocenters. The Hall–Kier alpha value is -0.840. The van der Waals surface area contributed by atoms with Crippen LogP contribution in [0.15, 0.2) is 10.8 Å². The summed E-state index contributed by atoms with van der Waals surface area (Å²) in [6, 6.07) is 0. The van der Waals surface area contributed by atoms with Gasteiger partial charge in [-0.3, -0.25) is 0 Å². The Labute approximate surface area is 117 Å². The average Bonchev–Trinajstić information content (AvgIpc) is 2.68. The number of hydrogen-bond donors (Lipinski definition) is 1. The third-order valence-electron chi connectivity index (χ3n) is 3.47. The molecule has 0 aliphatic carbocycles. The minimum Gasteiger partial charge on any atom is -0.369 e. The molecule has 1 fully saturated rings. The highest BCUT2D eigenvalue weighted by atomic mass is 79.9. The first-order chi connectivity index (χ1) is 8.56. The van der Waals surface area contributed by atoms with Crippen molar-refractivity contribution < 1.29 is 0 Å². The number of halogens is 1.